The van der Waals surface area contributed by atoms with E-state index < -0.39 is 6.04 Å². The molecule has 1 atom stereocenters. The van der Waals surface area contributed by atoms with E-state index in [-0.39, 0.29) is 13.2 Å². The number of hydrogen-bond donors (Lipinski definition) is 3. The second kappa shape index (κ2) is 4.72. The molecule has 72 valence electrons. The van der Waals surface area contributed by atoms with Crippen LogP contribution in [-0.2, 0) is 6.61 Å². The number of aliphatic hydroxyl groups is 2. The van der Waals surface area contributed by atoms with Gasteiger partial charge in [0.1, 0.15) is 0 Å². The Balaban J connectivity index is 3.05. The molecule has 0 aliphatic rings. The number of rotatable bonds is 3. The zero-order valence-electron chi connectivity index (χ0n) is 7.07. The van der Waals surface area contributed by atoms with Gasteiger partial charge in [-0.2, -0.15) is 0 Å². The topological polar surface area (TPSA) is 66.5 Å². The van der Waals surface area contributed by atoms with Gasteiger partial charge in [-0.1, -0.05) is 22.0 Å². The number of halogens is 1. The molecule has 3 nitrogen and oxygen atoms in total. The van der Waals surface area contributed by atoms with E-state index in [4.69, 9.17) is 15.9 Å². The van der Waals surface area contributed by atoms with Crippen molar-refractivity contribution in [3.05, 3.63) is 33.8 Å². The Hall–Kier alpha value is -0.420. The highest BCUT2D eigenvalue weighted by atomic mass is 79.9. The predicted molar refractivity (Wildman–Crippen MR) is 54.1 cm³/mol. The Morgan fingerprint density at radius 1 is 1.38 bits per heavy atom. The first-order chi connectivity index (χ1) is 6.19. The number of benzene rings is 1. The van der Waals surface area contributed by atoms with Gasteiger partial charge in [-0.15, -0.1) is 0 Å². The fourth-order valence-corrected chi connectivity index (χ4v) is 1.58. The van der Waals surface area contributed by atoms with Crippen molar-refractivity contribution in [3.63, 3.8) is 0 Å². The Labute approximate surface area is 85.3 Å². The smallest absolute Gasteiger partial charge is 0.0685 e. The molecule has 0 aliphatic heterocycles. The van der Waals surface area contributed by atoms with Gasteiger partial charge in [-0.05, 0) is 23.3 Å². The van der Waals surface area contributed by atoms with Crippen LogP contribution in [-0.4, -0.2) is 16.8 Å². The second-order valence-electron chi connectivity index (χ2n) is 2.79. The minimum Gasteiger partial charge on any atom is -0.394 e. The summed E-state index contributed by atoms with van der Waals surface area (Å²) in [6, 6.07) is 5.01. The molecule has 0 spiro atoms. The molecule has 0 heterocycles. The fraction of sp³-hybridized carbons (Fsp3) is 0.333. The van der Waals surface area contributed by atoms with Gasteiger partial charge in [-0.3, -0.25) is 0 Å². The van der Waals surface area contributed by atoms with Crippen molar-refractivity contribution in [3.8, 4) is 0 Å². The monoisotopic (exact) mass is 245 g/mol. The summed E-state index contributed by atoms with van der Waals surface area (Å²) in [5, 5.41) is 17.9. The molecule has 0 fully saturated rings. The molecule has 0 saturated heterocycles. The molecule has 0 aliphatic carbocycles. The lowest BCUT2D eigenvalue weighted by atomic mass is 10.0. The summed E-state index contributed by atoms with van der Waals surface area (Å²) >= 11 is 3.29. The summed E-state index contributed by atoms with van der Waals surface area (Å²) < 4.78 is 0.894. The molecule has 4 heteroatoms. The van der Waals surface area contributed by atoms with Crippen LogP contribution in [0.1, 0.15) is 17.2 Å². The van der Waals surface area contributed by atoms with Crippen LogP contribution in [0.3, 0.4) is 0 Å². The van der Waals surface area contributed by atoms with Crippen molar-refractivity contribution in [2.45, 2.75) is 12.6 Å². The van der Waals surface area contributed by atoms with Crippen LogP contribution >= 0.6 is 15.9 Å². The molecular formula is C9H12BrNO2. The molecule has 0 saturated carbocycles. The van der Waals surface area contributed by atoms with Gasteiger partial charge in [0, 0.05) is 4.47 Å². The van der Waals surface area contributed by atoms with E-state index in [1.54, 1.807) is 12.1 Å². The van der Waals surface area contributed by atoms with Crippen LogP contribution in [0.5, 0.6) is 0 Å². The molecule has 1 aromatic carbocycles. The minimum absolute atomic E-state index is 0.0670. The number of nitrogens with two attached hydrogens (primary N) is 1. The van der Waals surface area contributed by atoms with Gasteiger partial charge in [0.15, 0.2) is 0 Å². The third-order valence-corrected chi connectivity index (χ3v) is 2.36. The van der Waals surface area contributed by atoms with Crippen molar-refractivity contribution in [2.24, 2.45) is 5.73 Å². The first-order valence-electron chi connectivity index (χ1n) is 3.94. The molecule has 4 N–H and O–H groups in total. The van der Waals surface area contributed by atoms with Crippen LogP contribution in [0, 0.1) is 0 Å². The first kappa shape index (κ1) is 10.7. The van der Waals surface area contributed by atoms with E-state index in [2.05, 4.69) is 15.9 Å². The molecule has 1 aromatic rings. The zero-order valence-corrected chi connectivity index (χ0v) is 8.66. The van der Waals surface area contributed by atoms with Gasteiger partial charge in [0.25, 0.3) is 0 Å². The lowest BCUT2D eigenvalue weighted by molar-refractivity contribution is 0.259. The van der Waals surface area contributed by atoms with E-state index in [1.807, 2.05) is 6.07 Å². The van der Waals surface area contributed by atoms with Gasteiger partial charge in [0.2, 0.25) is 0 Å². The molecule has 0 bridgehead atoms. The normalized spacial score (nSPS) is 12.9. The molecule has 13 heavy (non-hydrogen) atoms. The van der Waals surface area contributed by atoms with E-state index in [1.165, 1.54) is 0 Å². The summed E-state index contributed by atoms with van der Waals surface area (Å²) in [6.07, 6.45) is 0. The van der Waals surface area contributed by atoms with Crippen molar-refractivity contribution in [1.29, 1.82) is 0 Å². The van der Waals surface area contributed by atoms with Gasteiger partial charge < -0.3 is 15.9 Å². The Morgan fingerprint density at radius 3 is 2.62 bits per heavy atom. The van der Waals surface area contributed by atoms with Crippen LogP contribution in [0.2, 0.25) is 0 Å². The highest BCUT2D eigenvalue weighted by molar-refractivity contribution is 9.10. The predicted octanol–water partition coefficient (Wildman–Crippen LogP) is 0.933. The highest BCUT2D eigenvalue weighted by Gasteiger charge is 2.09. The molecule has 0 aromatic heterocycles. The summed E-state index contributed by atoms with van der Waals surface area (Å²) in [7, 11) is 0. The summed E-state index contributed by atoms with van der Waals surface area (Å²) in [5.41, 5.74) is 7.18. The van der Waals surface area contributed by atoms with E-state index >= 15 is 0 Å². The van der Waals surface area contributed by atoms with E-state index in [0.29, 0.717) is 0 Å². The van der Waals surface area contributed by atoms with Crippen molar-refractivity contribution >= 4 is 15.9 Å². The average Bonchev–Trinajstić information content (AvgIpc) is 2.16. The third kappa shape index (κ3) is 2.51. The quantitative estimate of drug-likeness (QED) is 0.743. The van der Waals surface area contributed by atoms with Crippen LogP contribution in [0.25, 0.3) is 0 Å². The van der Waals surface area contributed by atoms with Crippen molar-refractivity contribution in [2.75, 3.05) is 6.61 Å². The molecule has 1 unspecified atom stereocenters. The summed E-state index contributed by atoms with van der Waals surface area (Å²) in [4.78, 5) is 0. The van der Waals surface area contributed by atoms with Gasteiger partial charge in [-0.25, -0.2) is 0 Å². The van der Waals surface area contributed by atoms with Crippen LogP contribution < -0.4 is 5.73 Å². The molecule has 0 amide bonds. The minimum atomic E-state index is -0.421. The summed E-state index contributed by atoms with van der Waals surface area (Å²) in [6.45, 7) is -0.183. The second-order valence-corrected chi connectivity index (χ2v) is 3.71. The lowest BCUT2D eigenvalue weighted by Crippen LogP contribution is -2.16. The van der Waals surface area contributed by atoms with Crippen LogP contribution in [0.15, 0.2) is 22.7 Å². The van der Waals surface area contributed by atoms with Crippen molar-refractivity contribution in [1.82, 2.24) is 0 Å². The fourth-order valence-electron chi connectivity index (χ4n) is 1.17. The Kier molecular flexibility index (Phi) is 3.87. The van der Waals surface area contributed by atoms with Gasteiger partial charge >= 0.3 is 0 Å². The zero-order chi connectivity index (χ0) is 9.84. The maximum Gasteiger partial charge on any atom is 0.0685 e. The SMILES string of the molecule is NC(CO)c1ccc(Br)cc1CO. The largest absolute Gasteiger partial charge is 0.394 e. The Bertz CT molecular complexity index is 291. The number of hydrogen-bond acceptors (Lipinski definition) is 3. The van der Waals surface area contributed by atoms with E-state index in [0.717, 1.165) is 15.6 Å². The number of aliphatic hydroxyl groups excluding tert-OH is 2. The summed E-state index contributed by atoms with van der Waals surface area (Å²) in [5.74, 6) is 0. The first-order valence-corrected chi connectivity index (χ1v) is 4.74. The highest BCUT2D eigenvalue weighted by Crippen LogP contribution is 2.20. The van der Waals surface area contributed by atoms with Crippen LogP contribution in [0.4, 0.5) is 0 Å². The average molecular weight is 246 g/mol. The molecular weight excluding hydrogens is 234 g/mol. The molecule has 1 rings (SSSR count). The molecule has 0 radical (unpaired) electrons. The maximum atomic E-state index is 9.03. The Morgan fingerprint density at radius 2 is 2.08 bits per heavy atom. The maximum absolute atomic E-state index is 9.03. The van der Waals surface area contributed by atoms with E-state index in [9.17, 15) is 0 Å². The third-order valence-electron chi connectivity index (χ3n) is 1.87. The lowest BCUT2D eigenvalue weighted by Gasteiger charge is -2.13. The van der Waals surface area contributed by atoms with Crippen molar-refractivity contribution < 1.29 is 10.2 Å². The van der Waals surface area contributed by atoms with Gasteiger partial charge in [0.05, 0.1) is 19.3 Å². The standard InChI is InChI=1S/C9H12BrNO2/c10-7-1-2-8(9(11)5-13)6(3-7)4-12/h1-3,9,12-13H,4-5,11H2.